The van der Waals surface area contributed by atoms with E-state index in [0.29, 0.717) is 4.47 Å². The lowest BCUT2D eigenvalue weighted by Gasteiger charge is -2.22. The predicted octanol–water partition coefficient (Wildman–Crippen LogP) is 1.74. The SMILES string of the molecule is CC(C)(NC(=O)CCOc1ccc(Br)cc1F)C(N)=O. The zero-order valence-corrected chi connectivity index (χ0v) is 12.8. The van der Waals surface area contributed by atoms with Crippen LogP contribution in [0.15, 0.2) is 22.7 Å². The molecule has 0 aliphatic rings. The van der Waals surface area contributed by atoms with Crippen molar-refractivity contribution in [3.8, 4) is 5.75 Å². The second-order valence-electron chi connectivity index (χ2n) is 4.71. The van der Waals surface area contributed by atoms with Crippen LogP contribution in [-0.4, -0.2) is 24.0 Å². The number of nitrogens with one attached hydrogen (secondary N) is 1. The van der Waals surface area contributed by atoms with Crippen molar-refractivity contribution in [1.82, 2.24) is 5.32 Å². The first-order chi connectivity index (χ1) is 9.22. The molecular weight excluding hydrogens is 331 g/mol. The second-order valence-corrected chi connectivity index (χ2v) is 5.63. The van der Waals surface area contributed by atoms with Crippen LogP contribution in [0.25, 0.3) is 0 Å². The quantitative estimate of drug-likeness (QED) is 0.822. The van der Waals surface area contributed by atoms with E-state index in [4.69, 9.17) is 10.5 Å². The van der Waals surface area contributed by atoms with Gasteiger partial charge in [0.25, 0.3) is 0 Å². The molecule has 1 aromatic carbocycles. The van der Waals surface area contributed by atoms with Gasteiger partial charge in [0.1, 0.15) is 5.54 Å². The molecule has 0 saturated carbocycles. The van der Waals surface area contributed by atoms with Crippen molar-refractivity contribution in [3.63, 3.8) is 0 Å². The molecule has 0 saturated heterocycles. The minimum Gasteiger partial charge on any atom is -0.490 e. The minimum absolute atomic E-state index is 0.000766. The predicted molar refractivity (Wildman–Crippen MR) is 75.6 cm³/mol. The molecule has 7 heteroatoms. The highest BCUT2D eigenvalue weighted by molar-refractivity contribution is 9.10. The number of amides is 2. The van der Waals surface area contributed by atoms with Crippen molar-refractivity contribution in [1.29, 1.82) is 0 Å². The lowest BCUT2D eigenvalue weighted by atomic mass is 10.1. The van der Waals surface area contributed by atoms with Crippen LogP contribution in [0.5, 0.6) is 5.75 Å². The lowest BCUT2D eigenvalue weighted by molar-refractivity contribution is -0.130. The zero-order valence-electron chi connectivity index (χ0n) is 11.2. The van der Waals surface area contributed by atoms with Gasteiger partial charge in [-0.15, -0.1) is 0 Å². The first-order valence-electron chi connectivity index (χ1n) is 5.91. The highest BCUT2D eigenvalue weighted by Crippen LogP contribution is 2.21. The molecule has 0 aromatic heterocycles. The second kappa shape index (κ2) is 6.69. The molecular formula is C13H16BrFN2O3. The monoisotopic (exact) mass is 346 g/mol. The van der Waals surface area contributed by atoms with E-state index in [-0.39, 0.29) is 18.8 Å². The summed E-state index contributed by atoms with van der Waals surface area (Å²) in [4.78, 5) is 22.6. The first kappa shape index (κ1) is 16.4. The fraction of sp³-hybridized carbons (Fsp3) is 0.385. The Morgan fingerprint density at radius 3 is 2.65 bits per heavy atom. The third kappa shape index (κ3) is 4.80. The summed E-state index contributed by atoms with van der Waals surface area (Å²) in [7, 11) is 0. The number of ether oxygens (including phenoxy) is 1. The molecule has 5 nitrogen and oxygen atoms in total. The van der Waals surface area contributed by atoms with Crippen molar-refractivity contribution in [2.75, 3.05) is 6.61 Å². The fourth-order valence-corrected chi connectivity index (χ4v) is 1.65. The van der Waals surface area contributed by atoms with Crippen LogP contribution in [0.1, 0.15) is 20.3 Å². The summed E-state index contributed by atoms with van der Waals surface area (Å²) in [6.07, 6.45) is -0.00772. The maximum absolute atomic E-state index is 13.4. The smallest absolute Gasteiger partial charge is 0.242 e. The zero-order chi connectivity index (χ0) is 15.3. The summed E-state index contributed by atoms with van der Waals surface area (Å²) < 4.78 is 19.2. The van der Waals surface area contributed by atoms with Gasteiger partial charge in [-0.1, -0.05) is 15.9 Å². The van der Waals surface area contributed by atoms with Crippen molar-refractivity contribution >= 4 is 27.7 Å². The fourth-order valence-electron chi connectivity index (χ4n) is 1.32. The van der Waals surface area contributed by atoms with E-state index in [2.05, 4.69) is 21.2 Å². The highest BCUT2D eigenvalue weighted by atomic mass is 79.9. The average molecular weight is 347 g/mol. The van der Waals surface area contributed by atoms with E-state index in [1.807, 2.05) is 0 Å². The molecule has 3 N–H and O–H groups in total. The molecule has 110 valence electrons. The van der Waals surface area contributed by atoms with Crippen LogP contribution in [-0.2, 0) is 9.59 Å². The van der Waals surface area contributed by atoms with Crippen LogP contribution >= 0.6 is 15.9 Å². The first-order valence-corrected chi connectivity index (χ1v) is 6.70. The van der Waals surface area contributed by atoms with Crippen LogP contribution < -0.4 is 15.8 Å². The topological polar surface area (TPSA) is 81.4 Å². The number of hydrogen-bond donors (Lipinski definition) is 2. The number of nitrogens with two attached hydrogens (primary N) is 1. The van der Waals surface area contributed by atoms with E-state index in [9.17, 15) is 14.0 Å². The maximum atomic E-state index is 13.4. The number of halogens is 2. The Labute approximate surface area is 124 Å². The Morgan fingerprint density at radius 1 is 1.45 bits per heavy atom. The number of carbonyl (C=O) groups excluding carboxylic acids is 2. The molecule has 0 heterocycles. The molecule has 0 unspecified atom stereocenters. The Kier molecular flexibility index (Phi) is 5.50. The van der Waals surface area contributed by atoms with E-state index >= 15 is 0 Å². The molecule has 0 fully saturated rings. The minimum atomic E-state index is -1.13. The molecule has 0 radical (unpaired) electrons. The van der Waals surface area contributed by atoms with E-state index in [1.165, 1.54) is 26.0 Å². The van der Waals surface area contributed by atoms with Crippen molar-refractivity contribution < 1.29 is 18.7 Å². The standard InChI is InChI=1S/C13H16BrFN2O3/c1-13(2,12(16)19)17-11(18)5-6-20-10-4-3-8(14)7-9(10)15/h3-4,7H,5-6H2,1-2H3,(H2,16,19)(H,17,18). The summed E-state index contributed by atoms with van der Waals surface area (Å²) in [6.45, 7) is 3.00. The highest BCUT2D eigenvalue weighted by Gasteiger charge is 2.26. The molecule has 20 heavy (non-hydrogen) atoms. The van der Waals surface area contributed by atoms with Crippen LogP contribution in [0, 0.1) is 5.82 Å². The molecule has 2 amide bonds. The average Bonchev–Trinajstić information content (AvgIpc) is 2.31. The van der Waals surface area contributed by atoms with E-state index in [1.54, 1.807) is 6.07 Å². The number of hydrogen-bond acceptors (Lipinski definition) is 3. The molecule has 0 atom stereocenters. The third-order valence-corrected chi connectivity index (χ3v) is 3.04. The van der Waals surface area contributed by atoms with Gasteiger partial charge >= 0.3 is 0 Å². The van der Waals surface area contributed by atoms with Gasteiger partial charge < -0.3 is 15.8 Å². The normalized spacial score (nSPS) is 11.0. The Bertz CT molecular complexity index is 520. The maximum Gasteiger partial charge on any atom is 0.242 e. The van der Waals surface area contributed by atoms with Crippen molar-refractivity contribution in [2.45, 2.75) is 25.8 Å². The summed E-state index contributed by atoms with van der Waals surface area (Å²) >= 11 is 3.13. The van der Waals surface area contributed by atoms with Gasteiger partial charge in [-0.25, -0.2) is 4.39 Å². The van der Waals surface area contributed by atoms with E-state index in [0.717, 1.165) is 0 Å². The van der Waals surface area contributed by atoms with Crippen LogP contribution in [0.4, 0.5) is 4.39 Å². The molecule has 1 aromatic rings. The third-order valence-electron chi connectivity index (χ3n) is 2.55. The Morgan fingerprint density at radius 2 is 2.10 bits per heavy atom. The van der Waals surface area contributed by atoms with E-state index < -0.39 is 23.2 Å². The van der Waals surface area contributed by atoms with Gasteiger partial charge in [0.2, 0.25) is 11.8 Å². The summed E-state index contributed by atoms with van der Waals surface area (Å²) in [5, 5.41) is 2.47. The van der Waals surface area contributed by atoms with Gasteiger partial charge in [0.15, 0.2) is 11.6 Å². The molecule has 0 aliphatic carbocycles. The summed E-state index contributed by atoms with van der Waals surface area (Å²) in [6, 6.07) is 4.37. The van der Waals surface area contributed by atoms with Crippen LogP contribution in [0.3, 0.4) is 0 Å². The molecule has 0 spiro atoms. The van der Waals surface area contributed by atoms with Crippen molar-refractivity contribution in [3.05, 3.63) is 28.5 Å². The van der Waals surface area contributed by atoms with Gasteiger partial charge in [-0.05, 0) is 32.0 Å². The Hall–Kier alpha value is -1.63. The van der Waals surface area contributed by atoms with Gasteiger partial charge in [0, 0.05) is 4.47 Å². The molecule has 0 aliphatic heterocycles. The Balaban J connectivity index is 2.45. The van der Waals surface area contributed by atoms with Gasteiger partial charge in [0.05, 0.1) is 13.0 Å². The molecule has 0 bridgehead atoms. The van der Waals surface area contributed by atoms with Crippen molar-refractivity contribution in [2.24, 2.45) is 5.73 Å². The number of carbonyl (C=O) groups is 2. The van der Waals surface area contributed by atoms with Gasteiger partial charge in [-0.3, -0.25) is 9.59 Å². The largest absolute Gasteiger partial charge is 0.490 e. The summed E-state index contributed by atoms with van der Waals surface area (Å²) in [5.41, 5.74) is 4.01. The number of rotatable bonds is 6. The lowest BCUT2D eigenvalue weighted by Crippen LogP contribution is -2.53. The number of primary amides is 1. The number of benzene rings is 1. The molecule has 1 rings (SSSR count). The van der Waals surface area contributed by atoms with Gasteiger partial charge in [-0.2, -0.15) is 0 Å². The summed E-state index contributed by atoms with van der Waals surface area (Å²) in [5.74, 6) is -1.48. The van der Waals surface area contributed by atoms with Crippen LogP contribution in [0.2, 0.25) is 0 Å².